The van der Waals surface area contributed by atoms with Gasteiger partial charge in [-0.15, -0.1) is 0 Å². The molecule has 4 heterocycles. The standard InChI is InChI=1S/2C10H10N2.2H2O4S/c2*1-3-7-11(8-4-1)12-9-5-2-6-10-12;2*1-5(2,3)4/h2*1-10H;2*(H2,1,2,3,4)/q2*+2;;/p-4. The molecular weight excluding hydrogens is 488 g/mol. The lowest BCUT2D eigenvalue weighted by molar-refractivity contribution is -1.30. The lowest BCUT2D eigenvalue weighted by Crippen LogP contribution is -2.65. The topological polar surface area (TPSA) is 176 Å². The van der Waals surface area contributed by atoms with E-state index in [0.717, 1.165) is 0 Å². The van der Waals surface area contributed by atoms with E-state index in [1.807, 2.05) is 141 Å². The van der Waals surface area contributed by atoms with Crippen LogP contribution in [0.3, 0.4) is 0 Å². The summed E-state index contributed by atoms with van der Waals surface area (Å²) in [6, 6.07) is 24.0. The molecule has 180 valence electrons. The van der Waals surface area contributed by atoms with Crippen molar-refractivity contribution in [2.24, 2.45) is 0 Å². The maximum atomic E-state index is 8.52. The van der Waals surface area contributed by atoms with Crippen LogP contribution in [0.2, 0.25) is 0 Å². The molecule has 4 aromatic heterocycles. The Hall–Kier alpha value is -3.66. The van der Waals surface area contributed by atoms with Gasteiger partial charge in [-0.2, -0.15) is 0 Å². The van der Waals surface area contributed by atoms with Crippen molar-refractivity contribution in [1.82, 2.24) is 0 Å². The minimum atomic E-state index is -5.17. The van der Waals surface area contributed by atoms with Gasteiger partial charge in [0.15, 0.2) is 0 Å². The molecule has 0 amide bonds. The predicted octanol–water partition coefficient (Wildman–Crippen LogP) is -1.53. The molecule has 14 heteroatoms. The molecule has 12 nitrogen and oxygen atoms in total. The average molecular weight is 509 g/mol. The first-order chi connectivity index (χ1) is 15.9. The molecule has 0 aromatic carbocycles. The first-order valence-corrected chi connectivity index (χ1v) is 11.8. The average Bonchev–Trinajstić information content (AvgIpc) is 2.80. The Morgan fingerprint density at radius 3 is 0.559 bits per heavy atom. The van der Waals surface area contributed by atoms with Crippen LogP contribution in [0.5, 0.6) is 0 Å². The van der Waals surface area contributed by atoms with Crippen molar-refractivity contribution in [3.8, 4) is 0 Å². The van der Waals surface area contributed by atoms with Crippen molar-refractivity contribution in [1.29, 1.82) is 0 Å². The molecule has 0 saturated heterocycles. The van der Waals surface area contributed by atoms with Gasteiger partial charge in [0.1, 0.15) is 0 Å². The molecule has 0 atom stereocenters. The van der Waals surface area contributed by atoms with E-state index in [1.165, 1.54) is 0 Å². The molecule has 0 aliphatic rings. The van der Waals surface area contributed by atoms with Gasteiger partial charge in [0.05, 0.1) is 18.7 Å². The molecule has 4 rings (SSSR count). The fraction of sp³-hybridized carbons (Fsp3) is 0. The van der Waals surface area contributed by atoms with E-state index in [4.69, 9.17) is 35.0 Å². The third-order valence-electron chi connectivity index (χ3n) is 3.33. The second-order valence-electron chi connectivity index (χ2n) is 5.84. The summed E-state index contributed by atoms with van der Waals surface area (Å²) in [6.07, 6.45) is 16.0. The molecule has 0 spiro atoms. The van der Waals surface area contributed by atoms with Crippen LogP contribution in [0.1, 0.15) is 0 Å². The van der Waals surface area contributed by atoms with Crippen LogP contribution in [-0.2, 0) is 20.8 Å². The van der Waals surface area contributed by atoms with E-state index in [0.29, 0.717) is 0 Å². The molecular formula is C20H20N4O8S2. The third-order valence-corrected chi connectivity index (χ3v) is 3.33. The molecule has 0 saturated carbocycles. The summed E-state index contributed by atoms with van der Waals surface area (Å²) in [7, 11) is -10.3. The second kappa shape index (κ2) is 14.5. The first kappa shape index (κ1) is 28.4. The van der Waals surface area contributed by atoms with E-state index in [1.54, 1.807) is 0 Å². The van der Waals surface area contributed by atoms with Crippen molar-refractivity contribution in [3.63, 3.8) is 0 Å². The summed E-state index contributed by atoms with van der Waals surface area (Å²) >= 11 is 0. The molecule has 0 aliphatic heterocycles. The molecule has 0 N–H and O–H groups in total. The molecule has 0 fully saturated rings. The highest BCUT2D eigenvalue weighted by atomic mass is 32.3. The number of nitrogens with zero attached hydrogens (tertiary/aromatic N) is 4. The van der Waals surface area contributed by atoms with Crippen LogP contribution in [0.25, 0.3) is 0 Å². The van der Waals surface area contributed by atoms with Gasteiger partial charge < -0.3 is 18.2 Å². The van der Waals surface area contributed by atoms with Crippen LogP contribution < -0.4 is 18.7 Å². The lowest BCUT2D eigenvalue weighted by atomic mass is 10.5. The van der Waals surface area contributed by atoms with Crippen LogP contribution in [0.4, 0.5) is 0 Å². The van der Waals surface area contributed by atoms with Gasteiger partial charge in [0.2, 0.25) is 49.6 Å². The Morgan fingerprint density at radius 1 is 0.324 bits per heavy atom. The number of pyridine rings is 4. The van der Waals surface area contributed by atoms with Gasteiger partial charge in [-0.05, 0) is 24.3 Å². The zero-order valence-corrected chi connectivity index (χ0v) is 19.1. The van der Waals surface area contributed by atoms with Gasteiger partial charge in [-0.3, -0.25) is 16.8 Å². The number of hydrogen-bond acceptors (Lipinski definition) is 8. The number of aromatic nitrogens is 4. The molecule has 0 radical (unpaired) electrons. The lowest BCUT2D eigenvalue weighted by Gasteiger charge is -2.06. The zero-order valence-electron chi connectivity index (χ0n) is 17.4. The summed E-state index contributed by atoms with van der Waals surface area (Å²) in [5.74, 6) is 0. The summed E-state index contributed by atoms with van der Waals surface area (Å²) in [5.41, 5.74) is 0. The Labute approximate surface area is 197 Å². The van der Waals surface area contributed by atoms with Gasteiger partial charge in [0.25, 0.3) is 0 Å². The van der Waals surface area contributed by atoms with Gasteiger partial charge in [-0.25, -0.2) is 0 Å². The maximum absolute atomic E-state index is 8.52. The SMILES string of the molecule is O=S(=O)([O-])[O-].O=S(=O)([O-])[O-].c1cc[n+](-[n+]2ccccc2)cc1.c1cc[n+](-[n+]2ccccc2)cc1. The number of rotatable bonds is 2. The molecule has 0 bridgehead atoms. The van der Waals surface area contributed by atoms with Crippen LogP contribution in [-0.4, -0.2) is 35.0 Å². The van der Waals surface area contributed by atoms with Crippen molar-refractivity contribution in [2.45, 2.75) is 0 Å². The van der Waals surface area contributed by atoms with Crippen molar-refractivity contribution >= 4 is 20.8 Å². The summed E-state index contributed by atoms with van der Waals surface area (Å²) in [5, 5.41) is 0. The van der Waals surface area contributed by atoms with E-state index < -0.39 is 20.8 Å². The second-order valence-corrected chi connectivity index (χ2v) is 7.47. The Kier molecular flexibility index (Phi) is 12.1. The summed E-state index contributed by atoms with van der Waals surface area (Å²) in [6.45, 7) is 0. The Balaban J connectivity index is 0.000000248. The zero-order chi connectivity index (χ0) is 25.5. The quantitative estimate of drug-likeness (QED) is 0.178. The summed E-state index contributed by atoms with van der Waals surface area (Å²) in [4.78, 5) is 0. The first-order valence-electron chi connectivity index (χ1n) is 9.13. The van der Waals surface area contributed by atoms with Gasteiger partial charge in [0, 0.05) is 69.3 Å². The normalized spacial score (nSPS) is 10.2. The fourth-order valence-electron chi connectivity index (χ4n) is 2.17. The van der Waals surface area contributed by atoms with Crippen LogP contribution >= 0.6 is 0 Å². The van der Waals surface area contributed by atoms with E-state index >= 15 is 0 Å². The highest BCUT2D eigenvalue weighted by molar-refractivity contribution is 7.79. The smallest absolute Gasteiger partial charge is 0.242 e. The Bertz CT molecular complexity index is 1100. The molecule has 4 aromatic rings. The highest BCUT2D eigenvalue weighted by Gasteiger charge is 2.07. The van der Waals surface area contributed by atoms with Crippen molar-refractivity contribution in [3.05, 3.63) is 122 Å². The molecule has 34 heavy (non-hydrogen) atoms. The van der Waals surface area contributed by atoms with E-state index in [2.05, 4.69) is 0 Å². The Morgan fingerprint density at radius 2 is 0.441 bits per heavy atom. The fourth-order valence-corrected chi connectivity index (χ4v) is 2.17. The minimum absolute atomic E-state index is 2.00. The predicted molar refractivity (Wildman–Crippen MR) is 109 cm³/mol. The van der Waals surface area contributed by atoms with Gasteiger partial charge in [-0.1, -0.05) is 0 Å². The largest absolute Gasteiger partial charge is 0.759 e. The van der Waals surface area contributed by atoms with E-state index in [-0.39, 0.29) is 0 Å². The molecule has 0 unspecified atom stereocenters. The van der Waals surface area contributed by atoms with E-state index in [9.17, 15) is 0 Å². The third kappa shape index (κ3) is 16.0. The summed E-state index contributed by atoms with van der Waals surface area (Å²) < 4.78 is 76.2. The van der Waals surface area contributed by atoms with Gasteiger partial charge >= 0.3 is 0 Å². The van der Waals surface area contributed by atoms with Crippen LogP contribution in [0.15, 0.2) is 122 Å². The highest BCUT2D eigenvalue weighted by Crippen LogP contribution is 1.77. The minimum Gasteiger partial charge on any atom is -0.759 e. The van der Waals surface area contributed by atoms with Crippen LogP contribution in [0, 0.1) is 0 Å². The van der Waals surface area contributed by atoms with Crippen molar-refractivity contribution in [2.75, 3.05) is 0 Å². The van der Waals surface area contributed by atoms with Crippen molar-refractivity contribution < 1.29 is 53.8 Å². The number of hydrogen-bond donors (Lipinski definition) is 0. The monoisotopic (exact) mass is 508 g/mol. The molecule has 0 aliphatic carbocycles. The maximum Gasteiger partial charge on any atom is 0.242 e.